The van der Waals surface area contributed by atoms with E-state index >= 15 is 0 Å². The van der Waals surface area contributed by atoms with Crippen molar-refractivity contribution in [1.82, 2.24) is 10.2 Å². The van der Waals surface area contributed by atoms with Crippen LogP contribution in [0.4, 0.5) is 4.79 Å². The maximum atomic E-state index is 12.3. The van der Waals surface area contributed by atoms with E-state index in [1.165, 1.54) is 0 Å². The smallest absolute Gasteiger partial charge is 0.408 e. The van der Waals surface area contributed by atoms with Gasteiger partial charge in [0, 0.05) is 13.1 Å². The number of hydrogen-bond acceptors (Lipinski definition) is 3. The number of carbonyl (C=O) groups excluding carboxylic acids is 2. The van der Waals surface area contributed by atoms with Crippen LogP contribution in [0.2, 0.25) is 0 Å². The summed E-state index contributed by atoms with van der Waals surface area (Å²) in [6.07, 6.45) is 1.55. The molecule has 0 bridgehead atoms. The summed E-state index contributed by atoms with van der Waals surface area (Å²) in [5.41, 5.74) is -0.553. The second-order valence-corrected chi connectivity index (χ2v) is 7.27. The minimum Gasteiger partial charge on any atom is -0.444 e. The number of amides is 2. The molecule has 1 N–H and O–H groups in total. The van der Waals surface area contributed by atoms with Crippen LogP contribution in [-0.2, 0) is 9.53 Å². The summed E-state index contributed by atoms with van der Waals surface area (Å²) >= 11 is 0. The van der Waals surface area contributed by atoms with Gasteiger partial charge in [-0.25, -0.2) is 4.79 Å². The molecule has 5 heteroatoms. The van der Waals surface area contributed by atoms with Crippen molar-refractivity contribution in [1.29, 1.82) is 0 Å². The Morgan fingerprint density at radius 2 is 1.67 bits per heavy atom. The van der Waals surface area contributed by atoms with Crippen molar-refractivity contribution in [2.24, 2.45) is 11.8 Å². The van der Waals surface area contributed by atoms with Crippen LogP contribution in [0.25, 0.3) is 0 Å². The summed E-state index contributed by atoms with van der Waals surface area (Å²) in [5, 5.41) is 2.62. The number of ether oxygens (including phenoxy) is 1. The lowest BCUT2D eigenvalue weighted by atomic mass is 9.86. The van der Waals surface area contributed by atoms with E-state index in [0.717, 1.165) is 25.9 Å². The Balaban J connectivity index is 2.43. The molecule has 21 heavy (non-hydrogen) atoms. The minimum atomic E-state index is -0.553. The van der Waals surface area contributed by atoms with Crippen LogP contribution >= 0.6 is 0 Å². The van der Waals surface area contributed by atoms with E-state index < -0.39 is 17.7 Å². The van der Waals surface area contributed by atoms with E-state index in [0.29, 0.717) is 11.8 Å². The fourth-order valence-corrected chi connectivity index (χ4v) is 2.61. The molecule has 1 atom stereocenters. The molecule has 0 saturated carbocycles. The summed E-state index contributed by atoms with van der Waals surface area (Å²) in [4.78, 5) is 25.9. The summed E-state index contributed by atoms with van der Waals surface area (Å²) in [6.45, 7) is 13.1. The maximum Gasteiger partial charge on any atom is 0.408 e. The van der Waals surface area contributed by atoms with E-state index in [9.17, 15) is 9.59 Å². The molecule has 1 saturated heterocycles. The zero-order valence-corrected chi connectivity index (χ0v) is 14.2. The molecule has 0 aromatic heterocycles. The number of piperidine rings is 1. The topological polar surface area (TPSA) is 58.6 Å². The fourth-order valence-electron chi connectivity index (χ4n) is 2.61. The third-order valence-electron chi connectivity index (χ3n) is 3.90. The molecule has 1 aliphatic rings. The van der Waals surface area contributed by atoms with Crippen molar-refractivity contribution in [3.05, 3.63) is 0 Å². The summed E-state index contributed by atoms with van der Waals surface area (Å²) < 4.78 is 5.17. The van der Waals surface area contributed by atoms with Crippen molar-refractivity contribution in [3.8, 4) is 0 Å². The number of likely N-dealkylation sites (tertiary alicyclic amines) is 1. The van der Waals surface area contributed by atoms with E-state index in [2.05, 4.69) is 19.2 Å². The summed E-state index contributed by atoms with van der Waals surface area (Å²) in [5.74, 6) is 1.34. The number of hydrogen-bond donors (Lipinski definition) is 1. The highest BCUT2D eigenvalue weighted by Gasteiger charge is 2.28. The summed E-state index contributed by atoms with van der Waals surface area (Å²) in [7, 11) is 0. The van der Waals surface area contributed by atoms with Crippen molar-refractivity contribution < 1.29 is 14.3 Å². The quantitative estimate of drug-likeness (QED) is 0.871. The SMILES string of the molecule is CC(C)C1CCN(C(=O)[C@H](C)NC(=O)OC(C)(C)C)CC1. The van der Waals surface area contributed by atoms with Crippen molar-refractivity contribution in [2.75, 3.05) is 13.1 Å². The third-order valence-corrected chi connectivity index (χ3v) is 3.90. The van der Waals surface area contributed by atoms with Crippen LogP contribution in [0.5, 0.6) is 0 Å². The first-order valence-electron chi connectivity index (χ1n) is 7.88. The maximum absolute atomic E-state index is 12.3. The molecule has 0 radical (unpaired) electrons. The zero-order valence-electron chi connectivity index (χ0n) is 14.2. The van der Waals surface area contributed by atoms with Gasteiger partial charge >= 0.3 is 6.09 Å². The second-order valence-electron chi connectivity index (χ2n) is 7.27. The van der Waals surface area contributed by atoms with Gasteiger partial charge in [-0.05, 0) is 52.4 Å². The molecule has 0 spiro atoms. The van der Waals surface area contributed by atoms with E-state index in [4.69, 9.17) is 4.74 Å². The molecule has 1 aliphatic heterocycles. The normalized spacial score (nSPS) is 18.5. The van der Waals surface area contributed by atoms with E-state index in [-0.39, 0.29) is 5.91 Å². The molecule has 122 valence electrons. The Morgan fingerprint density at radius 3 is 2.10 bits per heavy atom. The van der Waals surface area contributed by atoms with Gasteiger partial charge in [0.25, 0.3) is 0 Å². The molecule has 0 aromatic carbocycles. The largest absolute Gasteiger partial charge is 0.444 e. The summed E-state index contributed by atoms with van der Waals surface area (Å²) in [6, 6.07) is -0.546. The standard InChI is InChI=1S/C16H30N2O3/c1-11(2)13-7-9-18(10-8-13)14(19)12(3)17-15(20)21-16(4,5)6/h11-13H,7-10H2,1-6H3,(H,17,20)/t12-/m0/s1. The number of nitrogens with one attached hydrogen (secondary N) is 1. The van der Waals surface area contributed by atoms with Gasteiger partial charge in [-0.2, -0.15) is 0 Å². The Hall–Kier alpha value is -1.26. The van der Waals surface area contributed by atoms with Crippen LogP contribution in [0.1, 0.15) is 54.4 Å². The molecule has 5 nitrogen and oxygen atoms in total. The monoisotopic (exact) mass is 298 g/mol. The number of alkyl carbamates (subject to hydrolysis) is 1. The average Bonchev–Trinajstić information content (AvgIpc) is 2.35. The number of nitrogens with zero attached hydrogens (tertiary/aromatic N) is 1. The van der Waals surface area contributed by atoms with E-state index in [1.807, 2.05) is 4.90 Å². The van der Waals surface area contributed by atoms with Crippen LogP contribution in [0, 0.1) is 11.8 Å². The predicted octanol–water partition coefficient (Wildman–Crippen LogP) is 2.79. The Morgan fingerprint density at radius 1 is 1.14 bits per heavy atom. The minimum absolute atomic E-state index is 0.0249. The lowest BCUT2D eigenvalue weighted by molar-refractivity contribution is -0.134. The Bertz CT molecular complexity index is 366. The molecule has 1 fully saturated rings. The van der Waals surface area contributed by atoms with Crippen LogP contribution in [0.15, 0.2) is 0 Å². The van der Waals surface area contributed by atoms with Gasteiger partial charge in [0.2, 0.25) is 5.91 Å². The molecule has 0 aliphatic carbocycles. The van der Waals surface area contributed by atoms with Gasteiger partial charge in [-0.1, -0.05) is 13.8 Å². The van der Waals surface area contributed by atoms with Crippen molar-refractivity contribution >= 4 is 12.0 Å². The van der Waals surface area contributed by atoms with Crippen LogP contribution in [0.3, 0.4) is 0 Å². The lowest BCUT2D eigenvalue weighted by Gasteiger charge is -2.35. The van der Waals surface area contributed by atoms with Gasteiger partial charge in [-0.15, -0.1) is 0 Å². The molecule has 2 amide bonds. The molecular formula is C16H30N2O3. The molecule has 1 rings (SSSR count). The molecular weight excluding hydrogens is 268 g/mol. The van der Waals surface area contributed by atoms with E-state index in [1.54, 1.807) is 27.7 Å². The molecule has 0 aromatic rings. The Kier molecular flexibility index (Phi) is 6.05. The molecule has 1 heterocycles. The van der Waals surface area contributed by atoms with Gasteiger partial charge in [0.1, 0.15) is 11.6 Å². The number of carbonyl (C=O) groups is 2. The highest BCUT2D eigenvalue weighted by molar-refractivity contribution is 5.85. The van der Waals surface area contributed by atoms with Crippen LogP contribution < -0.4 is 5.32 Å². The highest BCUT2D eigenvalue weighted by atomic mass is 16.6. The van der Waals surface area contributed by atoms with Gasteiger partial charge in [0.05, 0.1) is 0 Å². The van der Waals surface area contributed by atoms with Crippen molar-refractivity contribution in [3.63, 3.8) is 0 Å². The highest BCUT2D eigenvalue weighted by Crippen LogP contribution is 2.24. The first-order chi connectivity index (χ1) is 9.60. The second kappa shape index (κ2) is 7.14. The van der Waals surface area contributed by atoms with Crippen LogP contribution in [-0.4, -0.2) is 41.6 Å². The number of rotatable bonds is 3. The molecule has 0 unspecified atom stereocenters. The third kappa shape index (κ3) is 5.94. The average molecular weight is 298 g/mol. The van der Waals surface area contributed by atoms with Gasteiger partial charge in [0.15, 0.2) is 0 Å². The van der Waals surface area contributed by atoms with Crippen molar-refractivity contribution in [2.45, 2.75) is 66.0 Å². The van der Waals surface area contributed by atoms with Gasteiger partial charge < -0.3 is 15.0 Å². The Labute approximate surface area is 128 Å². The first kappa shape index (κ1) is 17.8. The zero-order chi connectivity index (χ0) is 16.2. The fraction of sp³-hybridized carbons (Fsp3) is 0.875. The first-order valence-corrected chi connectivity index (χ1v) is 7.88. The lowest BCUT2D eigenvalue weighted by Crippen LogP contribution is -2.50. The predicted molar refractivity (Wildman–Crippen MR) is 83.0 cm³/mol. The van der Waals surface area contributed by atoms with Gasteiger partial charge in [-0.3, -0.25) is 4.79 Å².